The van der Waals surface area contributed by atoms with Gasteiger partial charge in [0.15, 0.2) is 11.4 Å². The Morgan fingerprint density at radius 3 is 2.28 bits per heavy atom. The van der Waals surface area contributed by atoms with Crippen molar-refractivity contribution in [3.05, 3.63) is 100 Å². The minimum Gasteiger partial charge on any atom is -0.423 e. The number of Topliss-reactive ketones (excluding diaryl/α,β-unsaturated/α-hetero) is 1. The summed E-state index contributed by atoms with van der Waals surface area (Å²) in [6, 6.07) is 22.2. The van der Waals surface area contributed by atoms with E-state index in [2.05, 4.69) is 19.9 Å². The Morgan fingerprint density at radius 1 is 0.923 bits per heavy atom. The number of benzene rings is 3. The summed E-state index contributed by atoms with van der Waals surface area (Å²) in [4.78, 5) is 35.4. The van der Waals surface area contributed by atoms with Crippen molar-refractivity contribution in [2.24, 2.45) is 0 Å². The first kappa shape index (κ1) is 24.9. The average Bonchev–Trinajstić information content (AvgIpc) is 3.58. The van der Waals surface area contributed by atoms with E-state index in [1.54, 1.807) is 24.3 Å². The third-order valence-electron chi connectivity index (χ3n) is 7.13. The van der Waals surface area contributed by atoms with Crippen LogP contribution < -0.4 is 15.5 Å². The fourth-order valence-electron chi connectivity index (χ4n) is 4.96. The molecule has 39 heavy (non-hydrogen) atoms. The van der Waals surface area contributed by atoms with Gasteiger partial charge in [-0.25, -0.2) is 14.0 Å². The molecule has 1 atom stereocenters. The highest BCUT2D eigenvalue weighted by Crippen LogP contribution is 2.25. The monoisotopic (exact) mass is 542 g/mol. The van der Waals surface area contributed by atoms with Crippen LogP contribution in [-0.4, -0.2) is 51.3 Å². The molecule has 10 heteroatoms. The van der Waals surface area contributed by atoms with Crippen molar-refractivity contribution in [1.29, 1.82) is 0 Å². The van der Waals surface area contributed by atoms with Gasteiger partial charge in [0.2, 0.25) is 0 Å². The third kappa shape index (κ3) is 4.81. The quantitative estimate of drug-likeness (QED) is 0.268. The van der Waals surface area contributed by atoms with E-state index in [9.17, 15) is 9.59 Å². The zero-order valence-corrected chi connectivity index (χ0v) is 22.2. The van der Waals surface area contributed by atoms with Gasteiger partial charge < -0.3 is 14.2 Å². The highest BCUT2D eigenvalue weighted by atomic mass is 35.5. The molecule has 1 aliphatic rings. The molecule has 198 valence electrons. The summed E-state index contributed by atoms with van der Waals surface area (Å²) < 4.78 is 8.65. The molecule has 1 aliphatic heterocycles. The van der Waals surface area contributed by atoms with E-state index in [-0.39, 0.29) is 11.5 Å². The highest BCUT2D eigenvalue weighted by molar-refractivity contribution is 6.30. The predicted octanol–water partition coefficient (Wildman–Crippen LogP) is 4.99. The molecule has 3 heterocycles. The van der Waals surface area contributed by atoms with Gasteiger partial charge in [-0.15, -0.1) is 0 Å². The van der Waals surface area contributed by atoms with Crippen molar-refractivity contribution in [2.45, 2.75) is 19.4 Å². The molecule has 0 radical (unpaired) electrons. The van der Waals surface area contributed by atoms with Gasteiger partial charge in [0.05, 0.1) is 5.69 Å². The van der Waals surface area contributed by atoms with E-state index in [0.29, 0.717) is 28.7 Å². The first-order chi connectivity index (χ1) is 19.0. The van der Waals surface area contributed by atoms with Crippen LogP contribution in [0.2, 0.25) is 5.02 Å². The van der Waals surface area contributed by atoms with Crippen molar-refractivity contribution in [1.82, 2.24) is 19.3 Å². The predicted molar refractivity (Wildman–Crippen MR) is 151 cm³/mol. The lowest BCUT2D eigenvalue weighted by molar-refractivity contribution is 0.0911. The molecule has 0 aliphatic carbocycles. The molecule has 1 unspecified atom stereocenters. The van der Waals surface area contributed by atoms with Gasteiger partial charge in [-0.2, -0.15) is 10.1 Å². The molecule has 1 saturated heterocycles. The Hall–Kier alpha value is -4.37. The lowest BCUT2D eigenvalue weighted by Crippen LogP contribution is -2.46. The van der Waals surface area contributed by atoms with Crippen LogP contribution in [0.25, 0.3) is 16.8 Å². The second kappa shape index (κ2) is 10.4. The maximum Gasteiger partial charge on any atom is 0.351 e. The largest absolute Gasteiger partial charge is 0.423 e. The fourth-order valence-corrected chi connectivity index (χ4v) is 5.08. The van der Waals surface area contributed by atoms with Gasteiger partial charge in [0, 0.05) is 42.5 Å². The Bertz CT molecular complexity index is 1630. The maximum atomic E-state index is 13.2. The zero-order valence-electron chi connectivity index (χ0n) is 21.4. The molecular weight excluding hydrogens is 516 g/mol. The number of piperazine rings is 1. The van der Waals surface area contributed by atoms with Crippen LogP contribution in [0, 0.1) is 0 Å². The van der Waals surface area contributed by atoms with Gasteiger partial charge >= 0.3 is 5.69 Å². The van der Waals surface area contributed by atoms with Crippen LogP contribution in [0.1, 0.15) is 29.7 Å². The lowest BCUT2D eigenvalue weighted by atomic mass is 10.0. The first-order valence-corrected chi connectivity index (χ1v) is 13.3. The molecule has 0 amide bonds. The number of para-hydroxylation sites is 2. The van der Waals surface area contributed by atoms with Gasteiger partial charge in [-0.3, -0.25) is 4.79 Å². The molecule has 0 N–H and O–H groups in total. The summed E-state index contributed by atoms with van der Waals surface area (Å²) in [6.07, 6.45) is 1.90. The lowest BCUT2D eigenvalue weighted by Gasteiger charge is -2.35. The number of carbonyl (C=O) groups excluding carboxylic acids is 1. The van der Waals surface area contributed by atoms with Gasteiger partial charge in [0.25, 0.3) is 6.01 Å². The molecule has 3 aromatic carbocycles. The van der Waals surface area contributed by atoms with E-state index < -0.39 is 6.04 Å². The first-order valence-electron chi connectivity index (χ1n) is 12.9. The van der Waals surface area contributed by atoms with E-state index in [1.807, 2.05) is 55.5 Å². The number of fused-ring (bicyclic) bond motifs is 1. The van der Waals surface area contributed by atoms with Crippen LogP contribution in [0.3, 0.4) is 0 Å². The van der Waals surface area contributed by atoms with Crippen LogP contribution in [0.5, 0.6) is 0 Å². The van der Waals surface area contributed by atoms with Gasteiger partial charge in [0.1, 0.15) is 17.9 Å². The Kier molecular flexibility index (Phi) is 6.66. The van der Waals surface area contributed by atoms with E-state index >= 15 is 0 Å². The number of nitrogens with zero attached hydrogens (tertiary/aromatic N) is 6. The number of hydrogen-bond donors (Lipinski definition) is 0. The molecule has 0 saturated carbocycles. The van der Waals surface area contributed by atoms with Crippen LogP contribution in [0.4, 0.5) is 11.7 Å². The summed E-state index contributed by atoms with van der Waals surface area (Å²) in [7, 11) is 0. The number of halogens is 1. The standard InChI is InChI=1S/C29H27ClN6O3/c1-2-25(27(37)20-7-9-21(30)10-8-20)36-29(38)35(19-31-36)23-13-11-22(12-14-23)33-15-17-34(18-16-33)28-32-24-5-3-4-6-26(24)39-28/h3-14,19,25H,2,15-18H2,1H3. The zero-order chi connectivity index (χ0) is 26.9. The van der Waals surface area contributed by atoms with Crippen molar-refractivity contribution < 1.29 is 9.21 Å². The van der Waals surface area contributed by atoms with Gasteiger partial charge in [-0.05, 0) is 67.1 Å². The van der Waals surface area contributed by atoms with Crippen LogP contribution in [0.15, 0.2) is 88.3 Å². The highest BCUT2D eigenvalue weighted by Gasteiger charge is 2.25. The third-order valence-corrected chi connectivity index (χ3v) is 7.38. The van der Waals surface area contributed by atoms with Crippen molar-refractivity contribution in [2.75, 3.05) is 36.0 Å². The molecule has 1 fully saturated rings. The maximum absolute atomic E-state index is 13.2. The smallest absolute Gasteiger partial charge is 0.351 e. The summed E-state index contributed by atoms with van der Waals surface area (Å²) in [5.74, 6) is -0.172. The average molecular weight is 543 g/mol. The Balaban J connectivity index is 1.14. The molecule has 9 nitrogen and oxygen atoms in total. The number of ketones is 1. The Labute approximate surface area is 229 Å². The van der Waals surface area contributed by atoms with Crippen molar-refractivity contribution in [3.8, 4) is 5.69 Å². The van der Waals surface area contributed by atoms with E-state index in [0.717, 1.165) is 43.0 Å². The van der Waals surface area contributed by atoms with Crippen molar-refractivity contribution >= 4 is 40.2 Å². The molecule has 5 aromatic rings. The fraction of sp³-hybridized carbons (Fsp3) is 0.241. The number of hydrogen-bond acceptors (Lipinski definition) is 7. The van der Waals surface area contributed by atoms with Crippen molar-refractivity contribution in [3.63, 3.8) is 0 Å². The SMILES string of the molecule is CCC(C(=O)c1ccc(Cl)cc1)n1ncn(-c2ccc(N3CCN(c4nc5ccccc5o4)CC3)cc2)c1=O. The summed E-state index contributed by atoms with van der Waals surface area (Å²) >= 11 is 5.96. The molecular formula is C29H27ClN6O3. The second-order valence-corrected chi connectivity index (χ2v) is 9.91. The van der Waals surface area contributed by atoms with Gasteiger partial charge in [-0.1, -0.05) is 30.7 Å². The minimum atomic E-state index is -0.697. The summed E-state index contributed by atoms with van der Waals surface area (Å²) in [5, 5.41) is 4.83. The molecule has 0 spiro atoms. The Morgan fingerprint density at radius 2 is 1.59 bits per heavy atom. The molecule has 0 bridgehead atoms. The van der Waals surface area contributed by atoms with E-state index in [1.165, 1.54) is 15.6 Å². The summed E-state index contributed by atoms with van der Waals surface area (Å²) in [6.45, 7) is 5.09. The topological polar surface area (TPSA) is 89.4 Å². The summed E-state index contributed by atoms with van der Waals surface area (Å²) in [5.41, 5.74) is 3.55. The number of oxazole rings is 1. The number of rotatable bonds is 7. The number of carbonyl (C=O) groups is 1. The number of anilines is 2. The molecule has 2 aromatic heterocycles. The normalized spacial score (nSPS) is 14.6. The number of aromatic nitrogens is 4. The van der Waals surface area contributed by atoms with Crippen LogP contribution >= 0.6 is 11.6 Å². The van der Waals surface area contributed by atoms with E-state index in [4.69, 9.17) is 16.0 Å². The minimum absolute atomic E-state index is 0.172. The molecule has 6 rings (SSSR count). The van der Waals surface area contributed by atoms with Crippen LogP contribution in [-0.2, 0) is 0 Å². The second-order valence-electron chi connectivity index (χ2n) is 9.48.